The summed E-state index contributed by atoms with van der Waals surface area (Å²) in [5, 5.41) is 8.01. The Labute approximate surface area is 187 Å². The average Bonchev–Trinajstić information content (AvgIpc) is 3.16. The highest BCUT2D eigenvalue weighted by atomic mass is 32.2. The third-order valence-corrected chi connectivity index (χ3v) is 5.82. The fourth-order valence-corrected chi connectivity index (χ4v) is 4.25. The van der Waals surface area contributed by atoms with Crippen LogP contribution in [-0.4, -0.2) is 34.8 Å². The number of nitrogens with one attached hydrogen (secondary N) is 3. The van der Waals surface area contributed by atoms with Crippen molar-refractivity contribution in [3.8, 4) is 11.1 Å². The van der Waals surface area contributed by atoms with E-state index in [4.69, 9.17) is 0 Å². The molecule has 0 radical (unpaired) electrons. The van der Waals surface area contributed by atoms with Crippen molar-refractivity contribution < 1.29 is 12.8 Å². The van der Waals surface area contributed by atoms with Gasteiger partial charge >= 0.3 is 0 Å². The minimum absolute atomic E-state index is 0.0925. The van der Waals surface area contributed by atoms with E-state index in [0.717, 1.165) is 17.2 Å². The van der Waals surface area contributed by atoms with Crippen molar-refractivity contribution in [2.24, 2.45) is 0 Å². The van der Waals surface area contributed by atoms with Crippen LogP contribution >= 0.6 is 0 Å². The smallest absolute Gasteiger partial charge is 0.272 e. The van der Waals surface area contributed by atoms with Gasteiger partial charge in [-0.3, -0.25) is 9.52 Å². The topological polar surface area (TPSA) is 121 Å². The first-order chi connectivity index (χ1) is 15.8. The van der Waals surface area contributed by atoms with E-state index in [1.54, 1.807) is 42.5 Å². The van der Waals surface area contributed by atoms with Gasteiger partial charge in [0.1, 0.15) is 5.82 Å². The maximum absolute atomic E-state index is 14.7. The molecule has 0 fully saturated rings. The maximum atomic E-state index is 14.7. The largest absolute Gasteiger partial charge is 0.323 e. The molecule has 0 spiro atoms. The summed E-state index contributed by atoms with van der Waals surface area (Å²) in [6, 6.07) is 17.2. The number of halogens is 1. The SMILES string of the molecule is CS(=O)(=O)Nc1nc2ccc(-c3cc(Cc4n[nH]c(=O)c5ccccc45)ccc3F)cc2[nH]1. The molecule has 2 aromatic heterocycles. The molecule has 3 aromatic carbocycles. The number of benzene rings is 3. The lowest BCUT2D eigenvalue weighted by Gasteiger charge is -2.09. The van der Waals surface area contributed by atoms with Crippen LogP contribution in [0, 0.1) is 5.82 Å². The van der Waals surface area contributed by atoms with E-state index in [1.807, 2.05) is 12.1 Å². The van der Waals surface area contributed by atoms with Gasteiger partial charge in [-0.25, -0.2) is 22.9 Å². The highest BCUT2D eigenvalue weighted by molar-refractivity contribution is 7.92. The van der Waals surface area contributed by atoms with Gasteiger partial charge in [0, 0.05) is 17.4 Å². The van der Waals surface area contributed by atoms with E-state index in [9.17, 15) is 17.6 Å². The number of nitrogens with zero attached hydrogens (tertiary/aromatic N) is 2. The maximum Gasteiger partial charge on any atom is 0.272 e. The molecule has 3 N–H and O–H groups in total. The van der Waals surface area contributed by atoms with Crippen molar-refractivity contribution in [3.05, 3.63) is 88.1 Å². The molecule has 0 unspecified atom stereocenters. The minimum Gasteiger partial charge on any atom is -0.323 e. The summed E-state index contributed by atoms with van der Waals surface area (Å²) in [6.07, 6.45) is 1.44. The number of aromatic nitrogens is 4. The second kappa shape index (κ2) is 7.82. The van der Waals surface area contributed by atoms with Crippen molar-refractivity contribution in [1.29, 1.82) is 0 Å². The van der Waals surface area contributed by atoms with E-state index < -0.39 is 15.8 Å². The van der Waals surface area contributed by atoms with E-state index in [2.05, 4.69) is 24.9 Å². The summed E-state index contributed by atoms with van der Waals surface area (Å²) in [4.78, 5) is 19.1. The second-order valence-corrected chi connectivity index (χ2v) is 9.48. The highest BCUT2D eigenvalue weighted by Gasteiger charge is 2.13. The standard InChI is InChI=1S/C23H18FN5O3S/c1-33(31,32)29-23-25-19-9-7-14(12-21(19)26-23)17-10-13(6-8-18(17)24)11-20-15-4-2-3-5-16(15)22(30)28-27-20/h2-10,12H,11H2,1H3,(H,28,30)(H2,25,26,29). The highest BCUT2D eigenvalue weighted by Crippen LogP contribution is 2.28. The van der Waals surface area contributed by atoms with E-state index in [-0.39, 0.29) is 11.5 Å². The van der Waals surface area contributed by atoms with Crippen LogP contribution in [0.3, 0.4) is 0 Å². The molecule has 5 rings (SSSR count). The molecule has 2 heterocycles. The van der Waals surface area contributed by atoms with E-state index >= 15 is 0 Å². The van der Waals surface area contributed by atoms with Gasteiger partial charge in [0.15, 0.2) is 0 Å². The third-order valence-electron chi connectivity index (χ3n) is 5.25. The lowest BCUT2D eigenvalue weighted by molar-refractivity contribution is 0.606. The Hall–Kier alpha value is -4.05. The van der Waals surface area contributed by atoms with Crippen LogP contribution in [-0.2, 0) is 16.4 Å². The van der Waals surface area contributed by atoms with Crippen molar-refractivity contribution >= 4 is 37.8 Å². The Morgan fingerprint density at radius 3 is 2.61 bits per heavy atom. The predicted molar refractivity (Wildman–Crippen MR) is 125 cm³/mol. The Morgan fingerprint density at radius 2 is 1.82 bits per heavy atom. The summed E-state index contributed by atoms with van der Waals surface area (Å²) in [6.45, 7) is 0. The first-order valence-electron chi connectivity index (χ1n) is 9.99. The fraction of sp³-hybridized carbons (Fsp3) is 0.0870. The molecule has 0 aliphatic rings. The monoisotopic (exact) mass is 463 g/mol. The quantitative estimate of drug-likeness (QED) is 0.368. The summed E-state index contributed by atoms with van der Waals surface area (Å²) in [7, 11) is -3.48. The molecule has 0 aliphatic heterocycles. The molecule has 0 amide bonds. The number of hydrogen-bond acceptors (Lipinski definition) is 5. The number of aromatic amines is 2. The van der Waals surface area contributed by atoms with Crippen LogP contribution in [0.5, 0.6) is 0 Å². The third kappa shape index (κ3) is 4.20. The molecule has 0 saturated heterocycles. The van der Waals surface area contributed by atoms with Gasteiger partial charge in [0.2, 0.25) is 16.0 Å². The molecule has 5 aromatic rings. The molecule has 0 saturated carbocycles. The molecule has 8 nitrogen and oxygen atoms in total. The number of sulfonamides is 1. The number of anilines is 1. The van der Waals surface area contributed by atoms with Crippen molar-refractivity contribution in [2.75, 3.05) is 11.0 Å². The second-order valence-electron chi connectivity index (χ2n) is 7.73. The van der Waals surface area contributed by atoms with Crippen molar-refractivity contribution in [1.82, 2.24) is 20.2 Å². The van der Waals surface area contributed by atoms with Gasteiger partial charge in [0.05, 0.1) is 28.4 Å². The average molecular weight is 463 g/mol. The molecule has 0 atom stereocenters. The number of fused-ring (bicyclic) bond motifs is 2. The zero-order valence-corrected chi connectivity index (χ0v) is 18.2. The number of H-pyrrole nitrogens is 2. The molecule has 33 heavy (non-hydrogen) atoms. The van der Waals surface area contributed by atoms with Crippen LogP contribution in [0.4, 0.5) is 10.3 Å². The molecule has 0 aliphatic carbocycles. The summed E-state index contributed by atoms with van der Waals surface area (Å²) < 4.78 is 39.9. The normalized spacial score (nSPS) is 11.8. The zero-order chi connectivity index (χ0) is 23.2. The van der Waals surface area contributed by atoms with Gasteiger partial charge in [-0.2, -0.15) is 5.10 Å². The summed E-state index contributed by atoms with van der Waals surface area (Å²) >= 11 is 0. The van der Waals surface area contributed by atoms with E-state index in [0.29, 0.717) is 39.7 Å². The van der Waals surface area contributed by atoms with Crippen LogP contribution < -0.4 is 10.3 Å². The minimum atomic E-state index is -3.48. The number of hydrogen-bond donors (Lipinski definition) is 3. The lowest BCUT2D eigenvalue weighted by Crippen LogP contribution is -2.11. The van der Waals surface area contributed by atoms with Gasteiger partial charge in [0.25, 0.3) is 5.56 Å². The van der Waals surface area contributed by atoms with Gasteiger partial charge in [-0.05, 0) is 41.5 Å². The summed E-state index contributed by atoms with van der Waals surface area (Å²) in [5.74, 6) is -0.304. The molecule has 0 bridgehead atoms. The number of imidazole rings is 1. The Bertz CT molecular complexity index is 1690. The molecule has 166 valence electrons. The zero-order valence-electron chi connectivity index (χ0n) is 17.4. The van der Waals surface area contributed by atoms with E-state index in [1.165, 1.54) is 6.07 Å². The first kappa shape index (κ1) is 20.8. The van der Waals surface area contributed by atoms with Gasteiger partial charge in [-0.15, -0.1) is 0 Å². The Morgan fingerprint density at radius 1 is 1.03 bits per heavy atom. The molecular formula is C23H18FN5O3S. The fourth-order valence-electron chi connectivity index (χ4n) is 3.80. The van der Waals surface area contributed by atoms with Crippen LogP contribution in [0.15, 0.2) is 65.5 Å². The lowest BCUT2D eigenvalue weighted by atomic mass is 9.98. The van der Waals surface area contributed by atoms with Crippen LogP contribution in [0.2, 0.25) is 0 Å². The Kier molecular flexibility index (Phi) is 4.94. The molecule has 10 heteroatoms. The van der Waals surface area contributed by atoms with Gasteiger partial charge < -0.3 is 4.98 Å². The van der Waals surface area contributed by atoms with Crippen molar-refractivity contribution in [2.45, 2.75) is 6.42 Å². The Balaban J connectivity index is 1.52. The van der Waals surface area contributed by atoms with Crippen LogP contribution in [0.1, 0.15) is 11.3 Å². The summed E-state index contributed by atoms with van der Waals surface area (Å²) in [5.41, 5.74) is 3.35. The predicted octanol–water partition coefficient (Wildman–Crippen LogP) is 3.57. The van der Waals surface area contributed by atoms with Crippen LogP contribution in [0.25, 0.3) is 32.9 Å². The first-order valence-corrected chi connectivity index (χ1v) is 11.9. The van der Waals surface area contributed by atoms with Crippen molar-refractivity contribution in [3.63, 3.8) is 0 Å². The number of rotatable bonds is 5. The van der Waals surface area contributed by atoms with Gasteiger partial charge in [-0.1, -0.05) is 30.3 Å². The molecular weight excluding hydrogens is 445 g/mol.